The average Bonchev–Trinajstić information content (AvgIpc) is 1.82. The molecule has 0 aromatic heterocycles. The van der Waals surface area contributed by atoms with Crippen molar-refractivity contribution >= 4 is 6.29 Å². The average molecular weight is 132 g/mol. The second kappa shape index (κ2) is 4.43. The summed E-state index contributed by atoms with van der Waals surface area (Å²) in [6.07, 6.45) is 0.00431. The predicted octanol–water partition coefficient (Wildman–Crippen LogP) is -1.57. The number of rotatable bonds is 4. The van der Waals surface area contributed by atoms with Gasteiger partial charge in [0.15, 0.2) is 0 Å². The molecule has 0 saturated carbocycles. The molecule has 54 valence electrons. The maximum Gasteiger partial charge on any atom is 0.127 e. The van der Waals surface area contributed by atoms with Crippen LogP contribution in [0, 0.1) is 5.92 Å². The summed E-state index contributed by atoms with van der Waals surface area (Å²) >= 11 is 0. The molecular weight excluding hydrogens is 120 g/mol. The monoisotopic (exact) mass is 132 g/mol. The number of carbonyl (C=O) groups excluding carboxylic acids is 1. The van der Waals surface area contributed by atoms with Gasteiger partial charge < -0.3 is 21.4 Å². The fourth-order valence-corrected chi connectivity index (χ4v) is 0.512. The number of carbonyl (C=O) groups is 1. The Hall–Kier alpha value is -0.450. The molecule has 4 nitrogen and oxygen atoms in total. The van der Waals surface area contributed by atoms with Gasteiger partial charge in [0.25, 0.3) is 0 Å². The van der Waals surface area contributed by atoms with Crippen molar-refractivity contribution in [3.05, 3.63) is 0 Å². The SMILES string of the molecule is NCCC(C=O)C(N)O. The largest absolute Gasteiger partial charge is 0.378 e. The van der Waals surface area contributed by atoms with Gasteiger partial charge in [-0.15, -0.1) is 0 Å². The van der Waals surface area contributed by atoms with Gasteiger partial charge in [0.2, 0.25) is 0 Å². The van der Waals surface area contributed by atoms with E-state index in [4.69, 9.17) is 16.6 Å². The number of nitrogens with two attached hydrogens (primary N) is 2. The van der Waals surface area contributed by atoms with E-state index in [1.54, 1.807) is 0 Å². The van der Waals surface area contributed by atoms with Gasteiger partial charge in [0, 0.05) is 0 Å². The fraction of sp³-hybridized carbons (Fsp3) is 0.800. The molecule has 0 amide bonds. The topological polar surface area (TPSA) is 89.3 Å². The Morgan fingerprint density at radius 1 is 1.67 bits per heavy atom. The summed E-state index contributed by atoms with van der Waals surface area (Å²) in [7, 11) is 0. The molecule has 0 aromatic rings. The molecule has 2 unspecified atom stereocenters. The molecule has 2 atom stereocenters. The summed E-state index contributed by atoms with van der Waals surface area (Å²) in [6, 6.07) is 0. The summed E-state index contributed by atoms with van der Waals surface area (Å²) in [5.74, 6) is -0.505. The first-order chi connectivity index (χ1) is 4.22. The van der Waals surface area contributed by atoms with Gasteiger partial charge in [-0.25, -0.2) is 0 Å². The van der Waals surface area contributed by atoms with E-state index in [9.17, 15) is 4.79 Å². The van der Waals surface area contributed by atoms with E-state index in [0.717, 1.165) is 0 Å². The molecule has 0 bridgehead atoms. The van der Waals surface area contributed by atoms with Gasteiger partial charge in [0.05, 0.1) is 5.92 Å². The highest BCUT2D eigenvalue weighted by Gasteiger charge is 2.11. The third kappa shape index (κ3) is 3.18. The number of aliphatic hydroxyl groups excluding tert-OH is 1. The summed E-state index contributed by atoms with van der Waals surface area (Å²) in [5, 5.41) is 8.63. The van der Waals surface area contributed by atoms with E-state index in [1.165, 1.54) is 0 Å². The predicted molar refractivity (Wildman–Crippen MR) is 33.4 cm³/mol. The van der Waals surface area contributed by atoms with E-state index in [2.05, 4.69) is 0 Å². The van der Waals surface area contributed by atoms with Crippen LogP contribution in [0.25, 0.3) is 0 Å². The highest BCUT2D eigenvalue weighted by atomic mass is 16.3. The normalized spacial score (nSPS) is 16.8. The number of hydrogen-bond acceptors (Lipinski definition) is 4. The number of aliphatic hydroxyl groups is 1. The van der Waals surface area contributed by atoms with Crippen LogP contribution in [0.4, 0.5) is 0 Å². The molecule has 0 aromatic carbocycles. The highest BCUT2D eigenvalue weighted by molar-refractivity contribution is 5.54. The minimum absolute atomic E-state index is 0.373. The number of hydrogen-bond donors (Lipinski definition) is 3. The van der Waals surface area contributed by atoms with Crippen LogP contribution < -0.4 is 11.5 Å². The summed E-state index contributed by atoms with van der Waals surface area (Å²) < 4.78 is 0. The van der Waals surface area contributed by atoms with Crippen molar-refractivity contribution in [2.24, 2.45) is 17.4 Å². The van der Waals surface area contributed by atoms with Crippen molar-refractivity contribution in [1.29, 1.82) is 0 Å². The molecule has 0 heterocycles. The summed E-state index contributed by atoms with van der Waals surface area (Å²) in [5.41, 5.74) is 10.1. The lowest BCUT2D eigenvalue weighted by Gasteiger charge is -2.10. The van der Waals surface area contributed by atoms with Gasteiger partial charge in [-0.1, -0.05) is 0 Å². The van der Waals surface area contributed by atoms with Gasteiger partial charge >= 0.3 is 0 Å². The van der Waals surface area contributed by atoms with Crippen molar-refractivity contribution in [1.82, 2.24) is 0 Å². The van der Waals surface area contributed by atoms with Crippen molar-refractivity contribution in [3.8, 4) is 0 Å². The lowest BCUT2D eigenvalue weighted by atomic mass is 10.1. The lowest BCUT2D eigenvalue weighted by molar-refractivity contribution is -0.114. The van der Waals surface area contributed by atoms with Crippen molar-refractivity contribution in [2.45, 2.75) is 12.6 Å². The molecule has 9 heavy (non-hydrogen) atoms. The highest BCUT2D eigenvalue weighted by Crippen LogP contribution is 1.98. The van der Waals surface area contributed by atoms with E-state index in [1.807, 2.05) is 0 Å². The van der Waals surface area contributed by atoms with Crippen LogP contribution in [0.3, 0.4) is 0 Å². The van der Waals surface area contributed by atoms with E-state index in [0.29, 0.717) is 19.3 Å². The molecule has 0 saturated heterocycles. The van der Waals surface area contributed by atoms with Crippen LogP contribution in [-0.4, -0.2) is 24.2 Å². The Bertz CT molecular complexity index is 85.0. The maximum atomic E-state index is 10.0. The first-order valence-corrected chi connectivity index (χ1v) is 2.81. The molecule has 5 N–H and O–H groups in total. The van der Waals surface area contributed by atoms with Crippen LogP contribution in [0.1, 0.15) is 6.42 Å². The zero-order valence-corrected chi connectivity index (χ0v) is 5.16. The van der Waals surface area contributed by atoms with Crippen molar-refractivity contribution in [3.63, 3.8) is 0 Å². The quantitative estimate of drug-likeness (QED) is 0.318. The van der Waals surface area contributed by atoms with E-state index in [-0.39, 0.29) is 0 Å². The molecule has 0 aliphatic heterocycles. The van der Waals surface area contributed by atoms with Gasteiger partial charge in [-0.3, -0.25) is 0 Å². The zero-order chi connectivity index (χ0) is 7.28. The standard InChI is InChI=1S/C5H12N2O2/c6-2-1-4(3-8)5(7)9/h3-5,9H,1-2,6-7H2. The molecule has 0 aliphatic rings. The first-order valence-electron chi connectivity index (χ1n) is 2.81. The fourth-order valence-electron chi connectivity index (χ4n) is 0.512. The zero-order valence-electron chi connectivity index (χ0n) is 5.16. The van der Waals surface area contributed by atoms with Crippen LogP contribution in [-0.2, 0) is 4.79 Å². The second-order valence-electron chi connectivity index (χ2n) is 1.87. The van der Waals surface area contributed by atoms with E-state index < -0.39 is 12.1 Å². The van der Waals surface area contributed by atoms with E-state index >= 15 is 0 Å². The second-order valence-corrected chi connectivity index (χ2v) is 1.87. The van der Waals surface area contributed by atoms with Gasteiger partial charge in [-0.2, -0.15) is 0 Å². The Morgan fingerprint density at radius 2 is 2.22 bits per heavy atom. The first kappa shape index (κ1) is 8.55. The van der Waals surface area contributed by atoms with Crippen molar-refractivity contribution < 1.29 is 9.90 Å². The van der Waals surface area contributed by atoms with Gasteiger partial charge in [0.1, 0.15) is 12.5 Å². The van der Waals surface area contributed by atoms with Crippen molar-refractivity contribution in [2.75, 3.05) is 6.54 Å². The minimum atomic E-state index is -1.06. The summed E-state index contributed by atoms with van der Waals surface area (Å²) in [4.78, 5) is 10.0. The Labute approximate surface area is 53.8 Å². The molecule has 0 spiro atoms. The van der Waals surface area contributed by atoms with Crippen LogP contribution in [0.5, 0.6) is 0 Å². The number of aldehydes is 1. The summed E-state index contributed by atoms with van der Waals surface area (Å²) in [6.45, 7) is 0.373. The maximum absolute atomic E-state index is 10.0. The minimum Gasteiger partial charge on any atom is -0.378 e. The smallest absolute Gasteiger partial charge is 0.127 e. The Balaban J connectivity index is 3.54. The Morgan fingerprint density at radius 3 is 2.33 bits per heavy atom. The molecule has 0 radical (unpaired) electrons. The third-order valence-corrected chi connectivity index (χ3v) is 1.11. The van der Waals surface area contributed by atoms with Crippen LogP contribution in [0.2, 0.25) is 0 Å². The molecule has 0 rings (SSSR count). The third-order valence-electron chi connectivity index (χ3n) is 1.11. The van der Waals surface area contributed by atoms with Gasteiger partial charge in [-0.05, 0) is 13.0 Å². The molecule has 4 heteroatoms. The van der Waals surface area contributed by atoms with Crippen LogP contribution >= 0.6 is 0 Å². The molecular formula is C5H12N2O2. The molecule has 0 fully saturated rings. The lowest BCUT2D eigenvalue weighted by Crippen LogP contribution is -2.32. The molecule has 0 aliphatic carbocycles. The van der Waals surface area contributed by atoms with Crippen LogP contribution in [0.15, 0.2) is 0 Å². The Kier molecular flexibility index (Phi) is 4.21.